The van der Waals surface area contributed by atoms with Crippen molar-refractivity contribution in [3.63, 3.8) is 0 Å². The van der Waals surface area contributed by atoms with Gasteiger partial charge in [-0.15, -0.1) is 0 Å². The van der Waals surface area contributed by atoms with E-state index in [1.54, 1.807) is 6.21 Å². The maximum atomic E-state index is 12.7. The van der Waals surface area contributed by atoms with Crippen molar-refractivity contribution in [2.45, 2.75) is 13.8 Å². The summed E-state index contributed by atoms with van der Waals surface area (Å²) in [6.07, 6.45) is 2.92. The Bertz CT molecular complexity index is 1080. The Hall–Kier alpha value is -3.24. The number of phenols is 1. The molecule has 1 heterocycles. The van der Waals surface area contributed by atoms with E-state index >= 15 is 0 Å². The number of amides is 1. The number of hydrogen-bond acceptors (Lipinski definition) is 8. The molecule has 1 saturated heterocycles. The molecule has 1 N–H and O–H groups in total. The van der Waals surface area contributed by atoms with Gasteiger partial charge in [-0.25, -0.2) is 0 Å². The van der Waals surface area contributed by atoms with Crippen LogP contribution in [0.4, 0.5) is 11.4 Å². The molecule has 0 atom stereocenters. The van der Waals surface area contributed by atoms with Crippen molar-refractivity contribution in [3.05, 3.63) is 68.6 Å². The number of anilines is 1. The van der Waals surface area contributed by atoms with E-state index in [0.717, 1.165) is 41.1 Å². The lowest BCUT2D eigenvalue weighted by Crippen LogP contribution is -2.22. The zero-order chi connectivity index (χ0) is 22.5. The van der Waals surface area contributed by atoms with Crippen LogP contribution < -0.4 is 4.90 Å². The van der Waals surface area contributed by atoms with Gasteiger partial charge in [0.25, 0.3) is 11.6 Å². The Morgan fingerprint density at radius 3 is 2.52 bits per heavy atom. The molecular formula is C21H20N4O4S2. The van der Waals surface area contributed by atoms with E-state index in [2.05, 4.69) is 23.8 Å². The van der Waals surface area contributed by atoms with Gasteiger partial charge in [0.15, 0.2) is 4.32 Å². The minimum Gasteiger partial charge on any atom is -0.507 e. The molecule has 2 aromatic carbocycles. The molecule has 8 nitrogen and oxygen atoms in total. The van der Waals surface area contributed by atoms with Gasteiger partial charge in [-0.05, 0) is 55.9 Å². The first-order valence-electron chi connectivity index (χ1n) is 9.48. The van der Waals surface area contributed by atoms with Crippen LogP contribution in [0.3, 0.4) is 0 Å². The lowest BCUT2D eigenvalue weighted by molar-refractivity contribution is -0.384. The van der Waals surface area contributed by atoms with Crippen molar-refractivity contribution < 1.29 is 14.8 Å². The fourth-order valence-corrected chi connectivity index (χ4v) is 4.12. The van der Waals surface area contributed by atoms with Gasteiger partial charge in [0, 0.05) is 36.5 Å². The Kier molecular flexibility index (Phi) is 7.03. The van der Waals surface area contributed by atoms with E-state index in [1.807, 2.05) is 24.3 Å². The first-order valence-corrected chi connectivity index (χ1v) is 10.7. The molecule has 1 fully saturated rings. The standard InChI is InChI=1S/C21H20N4O4S2/c1-3-23(4-2)16-7-5-14(6-8-16)13-22-24-20(27)19(31-21(24)30)12-15-11-17(25(28)29)9-10-18(15)26/h5-13,26H,3-4H2,1-2H3/b19-12+,22-13+. The monoisotopic (exact) mass is 456 g/mol. The molecule has 0 aliphatic carbocycles. The number of hydrogen-bond donors (Lipinski definition) is 1. The molecule has 0 saturated carbocycles. The highest BCUT2D eigenvalue weighted by Gasteiger charge is 2.32. The third-order valence-corrected chi connectivity index (χ3v) is 5.91. The van der Waals surface area contributed by atoms with E-state index in [-0.39, 0.29) is 26.2 Å². The predicted octanol–water partition coefficient (Wildman–Crippen LogP) is 4.38. The van der Waals surface area contributed by atoms with Crippen molar-refractivity contribution in [2.24, 2.45) is 5.10 Å². The van der Waals surface area contributed by atoms with Gasteiger partial charge in [0.2, 0.25) is 0 Å². The molecule has 0 aromatic heterocycles. The van der Waals surface area contributed by atoms with Crippen LogP contribution >= 0.6 is 24.0 Å². The summed E-state index contributed by atoms with van der Waals surface area (Å²) < 4.78 is 0.234. The molecule has 10 heteroatoms. The zero-order valence-electron chi connectivity index (χ0n) is 16.9. The lowest BCUT2D eigenvalue weighted by Gasteiger charge is -2.20. The third kappa shape index (κ3) is 5.09. The maximum Gasteiger partial charge on any atom is 0.286 e. The van der Waals surface area contributed by atoms with Crippen LogP contribution in [0.25, 0.3) is 6.08 Å². The fourth-order valence-electron chi connectivity index (χ4n) is 2.96. The predicted molar refractivity (Wildman–Crippen MR) is 127 cm³/mol. The summed E-state index contributed by atoms with van der Waals surface area (Å²) in [7, 11) is 0. The summed E-state index contributed by atoms with van der Waals surface area (Å²) in [6.45, 7) is 6.00. The van der Waals surface area contributed by atoms with Crippen LogP contribution in [0, 0.1) is 10.1 Å². The van der Waals surface area contributed by atoms with Gasteiger partial charge >= 0.3 is 0 Å². The molecule has 0 spiro atoms. The van der Waals surface area contributed by atoms with Crippen molar-refractivity contribution in [3.8, 4) is 5.75 Å². The van der Waals surface area contributed by atoms with Gasteiger partial charge in [-0.3, -0.25) is 14.9 Å². The van der Waals surface area contributed by atoms with E-state index in [0.29, 0.717) is 0 Å². The second-order valence-electron chi connectivity index (χ2n) is 6.50. The second-order valence-corrected chi connectivity index (χ2v) is 8.18. The van der Waals surface area contributed by atoms with Gasteiger partial charge in [0.05, 0.1) is 16.0 Å². The van der Waals surface area contributed by atoms with Crippen LogP contribution in [-0.2, 0) is 4.79 Å². The summed E-state index contributed by atoms with van der Waals surface area (Å²) in [5, 5.41) is 26.2. The Balaban J connectivity index is 1.78. The highest BCUT2D eigenvalue weighted by atomic mass is 32.2. The molecule has 1 aliphatic rings. The summed E-state index contributed by atoms with van der Waals surface area (Å²) in [6, 6.07) is 11.4. The van der Waals surface area contributed by atoms with Crippen LogP contribution in [-0.4, -0.2) is 44.6 Å². The first-order chi connectivity index (χ1) is 14.8. The van der Waals surface area contributed by atoms with Crippen molar-refractivity contribution in [1.29, 1.82) is 0 Å². The SMILES string of the molecule is CCN(CC)c1ccc(/C=N/N2C(=O)/C(=C\c3cc([N+](=O)[O-])ccc3O)SC2=S)cc1. The molecule has 0 bridgehead atoms. The molecule has 2 aromatic rings. The quantitative estimate of drug-likeness (QED) is 0.217. The number of benzene rings is 2. The lowest BCUT2D eigenvalue weighted by atomic mass is 10.1. The highest BCUT2D eigenvalue weighted by molar-refractivity contribution is 8.26. The van der Waals surface area contributed by atoms with E-state index < -0.39 is 10.8 Å². The molecule has 0 radical (unpaired) electrons. The smallest absolute Gasteiger partial charge is 0.286 e. The number of rotatable bonds is 7. The van der Waals surface area contributed by atoms with Crippen molar-refractivity contribution in [2.75, 3.05) is 18.0 Å². The summed E-state index contributed by atoms with van der Waals surface area (Å²) in [5.41, 5.74) is 1.88. The normalized spacial score (nSPS) is 15.3. The zero-order valence-corrected chi connectivity index (χ0v) is 18.5. The van der Waals surface area contributed by atoms with Gasteiger partial charge in [0.1, 0.15) is 5.75 Å². The average Bonchev–Trinajstić information content (AvgIpc) is 3.02. The van der Waals surface area contributed by atoms with Gasteiger partial charge in [-0.1, -0.05) is 23.9 Å². The maximum absolute atomic E-state index is 12.7. The average molecular weight is 457 g/mol. The number of nitro benzene ring substituents is 1. The third-order valence-electron chi connectivity index (χ3n) is 4.63. The van der Waals surface area contributed by atoms with Crippen LogP contribution in [0.15, 0.2) is 52.5 Å². The van der Waals surface area contributed by atoms with Gasteiger partial charge < -0.3 is 10.0 Å². The van der Waals surface area contributed by atoms with Crippen molar-refractivity contribution in [1.82, 2.24) is 5.01 Å². The summed E-state index contributed by atoms with van der Waals surface area (Å²) in [5.74, 6) is -0.635. The van der Waals surface area contributed by atoms with E-state index in [4.69, 9.17) is 12.2 Å². The number of non-ortho nitro benzene ring substituents is 1. The van der Waals surface area contributed by atoms with Crippen molar-refractivity contribution >= 4 is 57.9 Å². The molecule has 31 heavy (non-hydrogen) atoms. The summed E-state index contributed by atoms with van der Waals surface area (Å²) in [4.78, 5) is 25.5. The molecule has 1 aliphatic heterocycles. The molecule has 160 valence electrons. The molecule has 1 amide bonds. The molecular weight excluding hydrogens is 436 g/mol. The minimum atomic E-state index is -0.572. The molecule has 3 rings (SSSR count). The number of thioether (sulfide) groups is 1. The Morgan fingerprint density at radius 1 is 1.23 bits per heavy atom. The number of carbonyl (C=O) groups excluding carboxylic acids is 1. The number of carbonyl (C=O) groups is 1. The number of aromatic hydroxyl groups is 1. The largest absolute Gasteiger partial charge is 0.507 e. The van der Waals surface area contributed by atoms with Crippen LogP contribution in [0.2, 0.25) is 0 Å². The van der Waals surface area contributed by atoms with E-state index in [1.165, 1.54) is 24.3 Å². The van der Waals surface area contributed by atoms with Crippen LogP contribution in [0.5, 0.6) is 5.75 Å². The Labute approximate surface area is 189 Å². The highest BCUT2D eigenvalue weighted by Crippen LogP contribution is 2.35. The Morgan fingerprint density at radius 2 is 1.90 bits per heavy atom. The van der Waals surface area contributed by atoms with Gasteiger partial charge in [-0.2, -0.15) is 10.1 Å². The topological polar surface area (TPSA) is 99.3 Å². The fraction of sp³-hybridized carbons (Fsp3) is 0.190. The number of thiocarbonyl (C=S) groups is 1. The minimum absolute atomic E-state index is 0.158. The van der Waals surface area contributed by atoms with E-state index in [9.17, 15) is 20.0 Å². The summed E-state index contributed by atoms with van der Waals surface area (Å²) >= 11 is 6.26. The number of hydrazone groups is 1. The number of phenolic OH excluding ortho intramolecular Hbond substituents is 1. The second kappa shape index (κ2) is 9.71. The molecule has 0 unspecified atom stereocenters. The van der Waals surface area contributed by atoms with Crippen LogP contribution in [0.1, 0.15) is 25.0 Å². The number of nitro groups is 1. The first kappa shape index (κ1) is 22.4. The number of nitrogens with zero attached hydrogens (tertiary/aromatic N) is 4.